The van der Waals surface area contributed by atoms with Crippen molar-refractivity contribution in [2.75, 3.05) is 6.61 Å². The molecule has 2 heterocycles. The molecule has 2 aliphatic heterocycles. The molecule has 0 aromatic heterocycles. The van der Waals surface area contributed by atoms with Gasteiger partial charge in [-0.3, -0.25) is 19.2 Å². The van der Waals surface area contributed by atoms with Gasteiger partial charge in [-0.25, -0.2) is 0 Å². The molecule has 0 spiro atoms. The summed E-state index contributed by atoms with van der Waals surface area (Å²) in [7, 11) is 0. The predicted octanol–water partition coefficient (Wildman–Crippen LogP) is 3.00. The first-order valence-electron chi connectivity index (χ1n) is 14.0. The van der Waals surface area contributed by atoms with Crippen molar-refractivity contribution >= 4 is 23.8 Å². The van der Waals surface area contributed by atoms with E-state index in [1.54, 1.807) is 13.0 Å². The predicted molar refractivity (Wildman–Crippen MR) is 150 cm³/mol. The highest BCUT2D eigenvalue weighted by atomic mass is 16.5. The SMILES string of the molecule is CC(=O)OCC1(O)CC(C=CC(C)=CC[C@@H]2O[C@H](C)[C@H](NC(=O)C=C[C@H](C)OC(C)=O)C[C@@H]2C)OC(CC(=O)O)C1. The number of nitrogens with one attached hydrogen (secondary N) is 1. The van der Waals surface area contributed by atoms with Gasteiger partial charge in [0, 0.05) is 32.8 Å². The topological polar surface area (TPSA) is 158 Å². The van der Waals surface area contributed by atoms with E-state index in [4.69, 9.17) is 18.9 Å². The van der Waals surface area contributed by atoms with Crippen LogP contribution < -0.4 is 5.32 Å². The number of esters is 2. The number of hydrogen-bond acceptors (Lipinski definition) is 9. The Balaban J connectivity index is 1.92. The molecule has 0 aliphatic carbocycles. The molecule has 1 amide bonds. The number of ether oxygens (including phenoxy) is 4. The monoisotopic (exact) mass is 579 g/mol. The van der Waals surface area contributed by atoms with Gasteiger partial charge in [0.2, 0.25) is 5.91 Å². The maximum Gasteiger partial charge on any atom is 0.305 e. The number of aliphatic carboxylic acids is 1. The molecular formula is C30H45NO10. The number of aliphatic hydroxyl groups is 1. The summed E-state index contributed by atoms with van der Waals surface area (Å²) in [6.07, 6.45) is 7.99. The van der Waals surface area contributed by atoms with Crippen molar-refractivity contribution in [1.29, 1.82) is 0 Å². The number of carboxylic acid groups (broad SMARTS) is 1. The largest absolute Gasteiger partial charge is 0.481 e. The van der Waals surface area contributed by atoms with Crippen LogP contribution in [0.1, 0.15) is 73.6 Å². The number of allylic oxidation sites excluding steroid dienone is 2. The van der Waals surface area contributed by atoms with Gasteiger partial charge in [-0.05, 0) is 45.6 Å². The van der Waals surface area contributed by atoms with E-state index < -0.39 is 41.8 Å². The van der Waals surface area contributed by atoms with Crippen LogP contribution >= 0.6 is 0 Å². The first kappa shape index (κ1) is 34.2. The van der Waals surface area contributed by atoms with E-state index in [0.717, 1.165) is 12.0 Å². The molecule has 0 aromatic rings. The van der Waals surface area contributed by atoms with Crippen molar-refractivity contribution in [1.82, 2.24) is 5.32 Å². The van der Waals surface area contributed by atoms with Crippen molar-refractivity contribution in [3.05, 3.63) is 36.0 Å². The Morgan fingerprint density at radius 1 is 1.07 bits per heavy atom. The van der Waals surface area contributed by atoms with E-state index in [1.165, 1.54) is 26.0 Å². The molecule has 2 saturated heterocycles. The molecule has 230 valence electrons. The fourth-order valence-corrected chi connectivity index (χ4v) is 5.10. The summed E-state index contributed by atoms with van der Waals surface area (Å²) in [5, 5.41) is 23.1. The Bertz CT molecular complexity index is 1020. The van der Waals surface area contributed by atoms with E-state index in [-0.39, 0.29) is 55.9 Å². The van der Waals surface area contributed by atoms with Gasteiger partial charge < -0.3 is 34.5 Å². The fourth-order valence-electron chi connectivity index (χ4n) is 5.10. The van der Waals surface area contributed by atoms with E-state index in [2.05, 4.69) is 12.2 Å². The third-order valence-corrected chi connectivity index (χ3v) is 7.16. The highest BCUT2D eigenvalue weighted by molar-refractivity contribution is 5.87. The van der Waals surface area contributed by atoms with Crippen LogP contribution in [0.5, 0.6) is 0 Å². The lowest BCUT2D eigenvalue weighted by Crippen LogP contribution is -2.50. The van der Waals surface area contributed by atoms with Gasteiger partial charge >= 0.3 is 17.9 Å². The Morgan fingerprint density at radius 2 is 1.78 bits per heavy atom. The van der Waals surface area contributed by atoms with Gasteiger partial charge in [0.1, 0.15) is 18.3 Å². The molecule has 3 N–H and O–H groups in total. The van der Waals surface area contributed by atoms with Crippen LogP contribution in [0, 0.1) is 5.92 Å². The normalized spacial score (nSPS) is 31.5. The van der Waals surface area contributed by atoms with E-state index >= 15 is 0 Å². The van der Waals surface area contributed by atoms with Gasteiger partial charge in [0.05, 0.1) is 36.9 Å². The molecule has 0 radical (unpaired) electrons. The second-order valence-electron chi connectivity index (χ2n) is 11.2. The molecule has 0 saturated carbocycles. The molecule has 0 bridgehead atoms. The quantitative estimate of drug-likeness (QED) is 0.178. The van der Waals surface area contributed by atoms with Crippen LogP contribution in [0.15, 0.2) is 36.0 Å². The molecule has 2 fully saturated rings. The zero-order valence-electron chi connectivity index (χ0n) is 24.8. The van der Waals surface area contributed by atoms with Crippen LogP contribution in [-0.4, -0.2) is 82.8 Å². The molecule has 3 unspecified atom stereocenters. The molecule has 2 aliphatic rings. The van der Waals surface area contributed by atoms with Crippen LogP contribution in [0.4, 0.5) is 0 Å². The van der Waals surface area contributed by atoms with Gasteiger partial charge in [0.25, 0.3) is 0 Å². The third kappa shape index (κ3) is 12.6. The minimum absolute atomic E-state index is 0.0410. The number of hydrogen-bond donors (Lipinski definition) is 3. The van der Waals surface area contributed by atoms with Crippen molar-refractivity contribution < 1.29 is 48.3 Å². The minimum Gasteiger partial charge on any atom is -0.481 e. The first-order valence-corrected chi connectivity index (χ1v) is 14.0. The third-order valence-electron chi connectivity index (χ3n) is 7.16. The first-order chi connectivity index (χ1) is 19.2. The van der Waals surface area contributed by atoms with Gasteiger partial charge in [-0.1, -0.05) is 30.7 Å². The number of carbonyl (C=O) groups excluding carboxylic acids is 3. The lowest BCUT2D eigenvalue weighted by atomic mass is 9.86. The highest BCUT2D eigenvalue weighted by Gasteiger charge is 2.41. The summed E-state index contributed by atoms with van der Waals surface area (Å²) < 4.78 is 22.1. The molecule has 11 heteroatoms. The van der Waals surface area contributed by atoms with Gasteiger partial charge in [0.15, 0.2) is 0 Å². The molecule has 8 atom stereocenters. The van der Waals surface area contributed by atoms with Crippen molar-refractivity contribution in [2.24, 2.45) is 5.92 Å². The summed E-state index contributed by atoms with van der Waals surface area (Å²) in [5.74, 6) is -2.05. The molecular weight excluding hydrogens is 534 g/mol. The van der Waals surface area contributed by atoms with Crippen molar-refractivity contribution in [3.63, 3.8) is 0 Å². The summed E-state index contributed by atoms with van der Waals surface area (Å²) in [6, 6.07) is -0.152. The Hall–Kier alpha value is -3.02. The Labute approximate surface area is 241 Å². The van der Waals surface area contributed by atoms with Gasteiger partial charge in [-0.2, -0.15) is 0 Å². The van der Waals surface area contributed by atoms with E-state index in [1.807, 2.05) is 26.0 Å². The Kier molecular flexibility index (Phi) is 13.2. The zero-order chi connectivity index (χ0) is 30.7. The molecule has 11 nitrogen and oxygen atoms in total. The number of rotatable bonds is 12. The summed E-state index contributed by atoms with van der Waals surface area (Å²) in [4.78, 5) is 45.8. The lowest BCUT2D eigenvalue weighted by molar-refractivity contribution is -0.174. The van der Waals surface area contributed by atoms with Crippen LogP contribution in [0.25, 0.3) is 0 Å². The fraction of sp³-hybridized carbons (Fsp3) is 0.667. The molecule has 41 heavy (non-hydrogen) atoms. The standard InChI is InChI=1S/C30H45NO10/c1-18(7-10-24-15-30(37,17-38-22(5)32)16-25(41-24)14-29(35)36)8-11-27-19(2)13-26(21(4)40-27)31-28(34)12-9-20(3)39-23(6)33/h7-10,12,19-21,24-27,37H,11,13-17H2,1-6H3,(H,31,34)(H,35,36)/t19-,20-,21+,24?,25?,26+,27-,30?/m0/s1. The summed E-state index contributed by atoms with van der Waals surface area (Å²) in [6.45, 7) is 9.97. The molecule has 0 aromatic carbocycles. The summed E-state index contributed by atoms with van der Waals surface area (Å²) in [5.41, 5.74) is -0.427. The van der Waals surface area contributed by atoms with E-state index in [9.17, 15) is 29.4 Å². The van der Waals surface area contributed by atoms with Crippen molar-refractivity contribution in [3.8, 4) is 0 Å². The second kappa shape index (κ2) is 15.8. The lowest BCUT2D eigenvalue weighted by Gasteiger charge is -2.39. The average Bonchev–Trinajstić information content (AvgIpc) is 2.85. The highest BCUT2D eigenvalue weighted by Crippen LogP contribution is 2.32. The van der Waals surface area contributed by atoms with Gasteiger partial charge in [-0.15, -0.1) is 0 Å². The Morgan fingerprint density at radius 3 is 2.41 bits per heavy atom. The number of amides is 1. The zero-order valence-corrected chi connectivity index (χ0v) is 24.8. The van der Waals surface area contributed by atoms with Crippen LogP contribution in [0.2, 0.25) is 0 Å². The number of carbonyl (C=O) groups is 4. The maximum absolute atomic E-state index is 12.3. The van der Waals surface area contributed by atoms with Crippen LogP contribution in [0.3, 0.4) is 0 Å². The second-order valence-corrected chi connectivity index (χ2v) is 11.2. The maximum atomic E-state index is 12.3. The summed E-state index contributed by atoms with van der Waals surface area (Å²) >= 11 is 0. The van der Waals surface area contributed by atoms with Crippen LogP contribution in [-0.2, 0) is 38.1 Å². The molecule has 2 rings (SSSR count). The number of carboxylic acids is 1. The van der Waals surface area contributed by atoms with Crippen molar-refractivity contribution in [2.45, 2.75) is 116 Å². The average molecular weight is 580 g/mol. The smallest absolute Gasteiger partial charge is 0.305 e. The minimum atomic E-state index is -1.37. The van der Waals surface area contributed by atoms with E-state index in [0.29, 0.717) is 6.42 Å².